The van der Waals surface area contributed by atoms with E-state index in [1.165, 1.54) is 29.6 Å². The van der Waals surface area contributed by atoms with Gasteiger partial charge in [0.2, 0.25) is 0 Å². The Morgan fingerprint density at radius 3 is 1.91 bits per heavy atom. The second kappa shape index (κ2) is 5.17. The molecule has 0 aromatic carbocycles. The van der Waals surface area contributed by atoms with Crippen LogP contribution in [0.25, 0.3) is 0 Å². The van der Waals surface area contributed by atoms with Crippen molar-refractivity contribution < 1.29 is 0 Å². The van der Waals surface area contributed by atoms with Crippen LogP contribution >= 0.6 is 0 Å². The van der Waals surface area contributed by atoms with Gasteiger partial charge < -0.3 is 0 Å². The maximum absolute atomic E-state index is 2.22. The zero-order chi connectivity index (χ0) is 8.85. The lowest BCUT2D eigenvalue weighted by Crippen LogP contribution is -1.82. The van der Waals surface area contributed by atoms with Gasteiger partial charge in [0.25, 0.3) is 0 Å². The van der Waals surface area contributed by atoms with Gasteiger partial charge in [-0.15, -0.1) is 0 Å². The van der Waals surface area contributed by atoms with E-state index in [1.807, 2.05) is 0 Å². The molecule has 64 valence electrons. The second-order valence-corrected chi connectivity index (χ2v) is 3.42. The van der Waals surface area contributed by atoms with Crippen molar-refractivity contribution in [2.45, 2.75) is 47.5 Å². The molecule has 0 amide bonds. The van der Waals surface area contributed by atoms with E-state index < -0.39 is 0 Å². The van der Waals surface area contributed by atoms with Crippen molar-refractivity contribution in [3.63, 3.8) is 0 Å². The lowest BCUT2D eigenvalue weighted by atomic mass is 10.0. The van der Waals surface area contributed by atoms with Crippen molar-refractivity contribution in [1.29, 1.82) is 0 Å². The highest BCUT2D eigenvalue weighted by Gasteiger charge is 1.93. The Balaban J connectivity index is 3.82. The molecule has 0 saturated heterocycles. The van der Waals surface area contributed by atoms with Gasteiger partial charge in [-0.2, -0.15) is 0 Å². The molecular formula is C11H20. The Hall–Kier alpha value is -0.520. The standard InChI is InChI=1S/C11H20/c1-6-10(4)7-8-11(5)9(2)3/h6H,7-8H2,1-5H3/b10-6+. The van der Waals surface area contributed by atoms with E-state index in [9.17, 15) is 0 Å². The van der Waals surface area contributed by atoms with Crippen LogP contribution < -0.4 is 0 Å². The molecule has 0 aliphatic heterocycles. The van der Waals surface area contributed by atoms with E-state index in [0.717, 1.165) is 0 Å². The predicted octanol–water partition coefficient (Wildman–Crippen LogP) is 4.09. The summed E-state index contributed by atoms with van der Waals surface area (Å²) in [5, 5.41) is 0. The van der Waals surface area contributed by atoms with Gasteiger partial charge >= 0.3 is 0 Å². The molecule has 0 bridgehead atoms. The zero-order valence-electron chi connectivity index (χ0n) is 8.49. The lowest BCUT2D eigenvalue weighted by molar-refractivity contribution is 0.905. The van der Waals surface area contributed by atoms with Gasteiger partial charge in [0.15, 0.2) is 0 Å². The Labute approximate surface area is 71.0 Å². The zero-order valence-corrected chi connectivity index (χ0v) is 8.49. The van der Waals surface area contributed by atoms with E-state index in [0.29, 0.717) is 0 Å². The Bertz CT molecular complexity index is 166. The molecule has 0 aromatic rings. The van der Waals surface area contributed by atoms with E-state index in [4.69, 9.17) is 0 Å². The minimum atomic E-state index is 1.22. The lowest BCUT2D eigenvalue weighted by Gasteiger charge is -2.03. The minimum Gasteiger partial charge on any atom is -0.0887 e. The van der Waals surface area contributed by atoms with E-state index in [2.05, 4.69) is 40.7 Å². The fraction of sp³-hybridized carbons (Fsp3) is 0.636. The third-order valence-corrected chi connectivity index (χ3v) is 2.24. The van der Waals surface area contributed by atoms with E-state index in [1.54, 1.807) is 0 Å². The molecule has 0 N–H and O–H groups in total. The number of hydrogen-bond donors (Lipinski definition) is 0. The van der Waals surface area contributed by atoms with Gasteiger partial charge in [0, 0.05) is 0 Å². The van der Waals surface area contributed by atoms with Crippen LogP contribution in [0.4, 0.5) is 0 Å². The van der Waals surface area contributed by atoms with Crippen molar-refractivity contribution in [2.24, 2.45) is 0 Å². The SMILES string of the molecule is C/C=C(\C)CCC(C)=C(C)C. The molecule has 0 saturated carbocycles. The average Bonchev–Trinajstić information content (AvgIpc) is 1.99. The molecular weight excluding hydrogens is 132 g/mol. The monoisotopic (exact) mass is 152 g/mol. The van der Waals surface area contributed by atoms with E-state index >= 15 is 0 Å². The summed E-state index contributed by atoms with van der Waals surface area (Å²) in [6.07, 6.45) is 4.63. The number of allylic oxidation sites excluding steroid dienone is 4. The van der Waals surface area contributed by atoms with Crippen LogP contribution in [-0.2, 0) is 0 Å². The first-order chi connectivity index (χ1) is 5.07. The van der Waals surface area contributed by atoms with Crippen molar-refractivity contribution in [1.82, 2.24) is 0 Å². The molecule has 0 aliphatic rings. The normalized spacial score (nSPS) is 11.5. The molecule has 11 heavy (non-hydrogen) atoms. The number of hydrogen-bond acceptors (Lipinski definition) is 0. The Morgan fingerprint density at radius 2 is 1.55 bits per heavy atom. The smallest absolute Gasteiger partial charge is 0.0283 e. The van der Waals surface area contributed by atoms with Crippen LogP contribution in [-0.4, -0.2) is 0 Å². The molecule has 0 atom stereocenters. The molecule has 0 nitrogen and oxygen atoms in total. The fourth-order valence-electron chi connectivity index (χ4n) is 0.779. The van der Waals surface area contributed by atoms with Crippen LogP contribution in [0.5, 0.6) is 0 Å². The first-order valence-electron chi connectivity index (χ1n) is 4.32. The van der Waals surface area contributed by atoms with Gasteiger partial charge in [0.05, 0.1) is 0 Å². The maximum atomic E-state index is 2.22. The van der Waals surface area contributed by atoms with Crippen LogP contribution in [0.1, 0.15) is 47.5 Å². The van der Waals surface area contributed by atoms with Crippen molar-refractivity contribution in [2.75, 3.05) is 0 Å². The molecule has 0 spiro atoms. The van der Waals surface area contributed by atoms with Crippen molar-refractivity contribution in [3.8, 4) is 0 Å². The van der Waals surface area contributed by atoms with Gasteiger partial charge in [-0.1, -0.05) is 22.8 Å². The summed E-state index contributed by atoms with van der Waals surface area (Å²) in [5.74, 6) is 0. The Kier molecular flexibility index (Phi) is 4.93. The summed E-state index contributed by atoms with van der Waals surface area (Å²) >= 11 is 0. The molecule has 0 unspecified atom stereocenters. The van der Waals surface area contributed by atoms with Crippen LogP contribution in [0, 0.1) is 0 Å². The molecule has 0 aliphatic carbocycles. The molecule has 0 aromatic heterocycles. The highest BCUT2D eigenvalue weighted by Crippen LogP contribution is 2.13. The summed E-state index contributed by atoms with van der Waals surface area (Å²) < 4.78 is 0. The third kappa shape index (κ3) is 4.83. The van der Waals surface area contributed by atoms with Crippen LogP contribution in [0.2, 0.25) is 0 Å². The Morgan fingerprint density at radius 1 is 1.00 bits per heavy atom. The first-order valence-corrected chi connectivity index (χ1v) is 4.32. The summed E-state index contributed by atoms with van der Waals surface area (Å²) in [7, 11) is 0. The molecule has 0 radical (unpaired) electrons. The predicted molar refractivity (Wildman–Crippen MR) is 52.7 cm³/mol. The summed E-state index contributed by atoms with van der Waals surface area (Å²) in [6, 6.07) is 0. The molecule has 0 heterocycles. The van der Waals surface area contributed by atoms with Crippen molar-refractivity contribution in [3.05, 3.63) is 22.8 Å². The topological polar surface area (TPSA) is 0 Å². The van der Waals surface area contributed by atoms with Crippen LogP contribution in [0.15, 0.2) is 22.8 Å². The minimum absolute atomic E-state index is 1.22. The molecule has 0 heteroatoms. The summed E-state index contributed by atoms with van der Waals surface area (Å²) in [5.41, 5.74) is 4.49. The van der Waals surface area contributed by atoms with Gasteiger partial charge in [-0.25, -0.2) is 0 Å². The quantitative estimate of drug-likeness (QED) is 0.534. The summed E-state index contributed by atoms with van der Waals surface area (Å²) in [6.45, 7) is 10.9. The van der Waals surface area contributed by atoms with Gasteiger partial charge in [-0.05, 0) is 47.5 Å². The summed E-state index contributed by atoms with van der Waals surface area (Å²) in [4.78, 5) is 0. The highest BCUT2D eigenvalue weighted by atomic mass is 14.0. The van der Waals surface area contributed by atoms with Crippen LogP contribution in [0.3, 0.4) is 0 Å². The number of rotatable bonds is 3. The van der Waals surface area contributed by atoms with Gasteiger partial charge in [0.1, 0.15) is 0 Å². The second-order valence-electron chi connectivity index (χ2n) is 3.42. The third-order valence-electron chi connectivity index (χ3n) is 2.24. The largest absolute Gasteiger partial charge is 0.0887 e. The van der Waals surface area contributed by atoms with Crippen molar-refractivity contribution >= 4 is 0 Å². The first kappa shape index (κ1) is 10.5. The fourth-order valence-corrected chi connectivity index (χ4v) is 0.779. The molecule has 0 fully saturated rings. The maximum Gasteiger partial charge on any atom is -0.0283 e. The average molecular weight is 152 g/mol. The van der Waals surface area contributed by atoms with Gasteiger partial charge in [-0.3, -0.25) is 0 Å². The van der Waals surface area contributed by atoms with E-state index in [-0.39, 0.29) is 0 Å². The molecule has 0 rings (SSSR count). The highest BCUT2D eigenvalue weighted by molar-refractivity contribution is 5.09.